The zero-order valence-electron chi connectivity index (χ0n) is 16.2. The zero-order valence-corrected chi connectivity index (χ0v) is 18.5. The lowest BCUT2D eigenvalue weighted by molar-refractivity contribution is -0.111. The highest BCUT2D eigenvalue weighted by Gasteiger charge is 2.24. The van der Waals surface area contributed by atoms with Gasteiger partial charge in [0.2, 0.25) is 5.91 Å². The molecule has 2 aromatic heterocycles. The highest BCUT2D eigenvalue weighted by molar-refractivity contribution is 7.16. The Morgan fingerprint density at radius 1 is 1.30 bits per heavy atom. The quantitative estimate of drug-likeness (QED) is 0.431. The first-order valence-electron chi connectivity index (χ1n) is 9.53. The van der Waals surface area contributed by atoms with E-state index in [1.54, 1.807) is 36.4 Å². The number of furan rings is 1. The summed E-state index contributed by atoms with van der Waals surface area (Å²) >= 11 is 13.6. The highest BCUT2D eigenvalue weighted by atomic mass is 35.5. The van der Waals surface area contributed by atoms with Crippen molar-refractivity contribution >= 4 is 51.5 Å². The van der Waals surface area contributed by atoms with Gasteiger partial charge in [0.15, 0.2) is 0 Å². The minimum Gasteiger partial charge on any atom is -0.457 e. The molecule has 0 spiro atoms. The Labute approximate surface area is 188 Å². The summed E-state index contributed by atoms with van der Waals surface area (Å²) in [5.41, 5.74) is 2.45. The SMILES string of the molecule is CC1CCc2c(sc(NC(=O)/C=C/c3ccc(-c4cc(Cl)cc(Cl)c4)o3)c2C#N)C1. The fourth-order valence-electron chi connectivity index (χ4n) is 3.56. The summed E-state index contributed by atoms with van der Waals surface area (Å²) in [5.74, 6) is 1.43. The third-order valence-electron chi connectivity index (χ3n) is 5.03. The summed E-state index contributed by atoms with van der Waals surface area (Å²) in [4.78, 5) is 13.6. The van der Waals surface area contributed by atoms with Crippen molar-refractivity contribution in [3.8, 4) is 17.4 Å². The van der Waals surface area contributed by atoms with Crippen LogP contribution in [0.25, 0.3) is 17.4 Å². The Bertz CT molecular complexity index is 1170. The van der Waals surface area contributed by atoms with Gasteiger partial charge in [-0.1, -0.05) is 30.1 Å². The number of hydrogen-bond donors (Lipinski definition) is 1. The van der Waals surface area contributed by atoms with Crippen LogP contribution in [-0.4, -0.2) is 5.91 Å². The first-order valence-corrected chi connectivity index (χ1v) is 11.1. The van der Waals surface area contributed by atoms with Gasteiger partial charge in [-0.3, -0.25) is 4.79 Å². The van der Waals surface area contributed by atoms with E-state index in [1.165, 1.54) is 22.3 Å². The van der Waals surface area contributed by atoms with Crippen molar-refractivity contribution in [2.75, 3.05) is 5.32 Å². The second kappa shape index (κ2) is 8.69. The molecule has 0 saturated carbocycles. The van der Waals surface area contributed by atoms with Crippen LogP contribution in [0.15, 0.2) is 40.8 Å². The fourth-order valence-corrected chi connectivity index (χ4v) is 5.45. The molecule has 0 fully saturated rings. The van der Waals surface area contributed by atoms with Gasteiger partial charge < -0.3 is 9.73 Å². The first-order chi connectivity index (χ1) is 14.4. The first kappa shape index (κ1) is 20.7. The topological polar surface area (TPSA) is 66.0 Å². The van der Waals surface area contributed by atoms with E-state index in [2.05, 4.69) is 18.3 Å². The average molecular weight is 457 g/mol. The largest absolute Gasteiger partial charge is 0.457 e. The molecule has 30 heavy (non-hydrogen) atoms. The summed E-state index contributed by atoms with van der Waals surface area (Å²) < 4.78 is 5.77. The maximum absolute atomic E-state index is 12.4. The Hall–Kier alpha value is -2.52. The van der Waals surface area contributed by atoms with Gasteiger partial charge >= 0.3 is 0 Å². The molecule has 1 N–H and O–H groups in total. The number of nitrogens with one attached hydrogen (secondary N) is 1. The number of halogens is 2. The van der Waals surface area contributed by atoms with E-state index >= 15 is 0 Å². The molecule has 1 unspecified atom stereocenters. The van der Waals surface area contributed by atoms with Gasteiger partial charge in [0, 0.05) is 26.6 Å². The number of anilines is 1. The number of rotatable bonds is 4. The van der Waals surface area contributed by atoms with Crippen LogP contribution in [-0.2, 0) is 17.6 Å². The lowest BCUT2D eigenvalue weighted by Gasteiger charge is -2.17. The Balaban J connectivity index is 1.48. The number of amides is 1. The van der Waals surface area contributed by atoms with Gasteiger partial charge in [-0.15, -0.1) is 11.3 Å². The molecule has 1 atom stereocenters. The van der Waals surface area contributed by atoms with Crippen LogP contribution in [0, 0.1) is 17.2 Å². The summed E-state index contributed by atoms with van der Waals surface area (Å²) in [6.45, 7) is 2.21. The van der Waals surface area contributed by atoms with Crippen molar-refractivity contribution < 1.29 is 9.21 Å². The predicted molar refractivity (Wildman–Crippen MR) is 122 cm³/mol. The van der Waals surface area contributed by atoms with Crippen molar-refractivity contribution in [2.45, 2.75) is 26.2 Å². The van der Waals surface area contributed by atoms with E-state index in [1.807, 2.05) is 0 Å². The average Bonchev–Trinajstić information content (AvgIpc) is 3.29. The molecule has 0 aliphatic heterocycles. The highest BCUT2D eigenvalue weighted by Crippen LogP contribution is 2.39. The molecular weight excluding hydrogens is 439 g/mol. The normalized spacial score (nSPS) is 15.7. The number of carbonyl (C=O) groups is 1. The standard InChI is InChI=1S/C23H18Cl2N2O2S/c1-13-2-5-18-19(12-26)23(30-21(18)8-13)27-22(28)7-4-17-3-6-20(29-17)14-9-15(24)11-16(25)10-14/h3-4,6-7,9-11,13H,2,5,8H2,1H3,(H,27,28)/b7-4+. The molecule has 4 rings (SSSR count). The Morgan fingerprint density at radius 3 is 2.80 bits per heavy atom. The van der Waals surface area contributed by atoms with Gasteiger partial charge in [-0.2, -0.15) is 5.26 Å². The minimum atomic E-state index is -0.304. The molecule has 0 radical (unpaired) electrons. The Kier molecular flexibility index (Phi) is 6.01. The number of nitrogens with zero attached hydrogens (tertiary/aromatic N) is 1. The second-order valence-corrected chi connectivity index (χ2v) is 9.33. The summed E-state index contributed by atoms with van der Waals surface area (Å²) in [5, 5.41) is 14.1. The van der Waals surface area contributed by atoms with Crippen LogP contribution >= 0.6 is 34.5 Å². The number of benzene rings is 1. The van der Waals surface area contributed by atoms with E-state index in [0.29, 0.717) is 38.0 Å². The Morgan fingerprint density at radius 2 is 2.07 bits per heavy atom. The van der Waals surface area contributed by atoms with E-state index < -0.39 is 0 Å². The predicted octanol–water partition coefficient (Wildman–Crippen LogP) is 6.96. The third-order valence-corrected chi connectivity index (χ3v) is 6.64. The molecular formula is C23H18Cl2N2O2S. The number of hydrogen-bond acceptors (Lipinski definition) is 4. The molecule has 1 aromatic carbocycles. The molecule has 0 bridgehead atoms. The number of fused-ring (bicyclic) bond motifs is 1. The van der Waals surface area contributed by atoms with E-state index in [0.717, 1.165) is 30.4 Å². The molecule has 152 valence electrons. The summed E-state index contributed by atoms with van der Waals surface area (Å²) in [6, 6.07) is 11.0. The van der Waals surface area contributed by atoms with Gasteiger partial charge in [-0.25, -0.2) is 0 Å². The fraction of sp³-hybridized carbons (Fsp3) is 0.217. The molecule has 1 amide bonds. The van der Waals surface area contributed by atoms with Crippen molar-refractivity contribution in [2.24, 2.45) is 5.92 Å². The zero-order chi connectivity index (χ0) is 21.3. The molecule has 0 saturated heterocycles. The van der Waals surface area contributed by atoms with Gasteiger partial charge in [-0.05, 0) is 67.2 Å². The van der Waals surface area contributed by atoms with Crippen molar-refractivity contribution in [3.05, 3.63) is 68.2 Å². The van der Waals surface area contributed by atoms with Gasteiger partial charge in [0.05, 0.1) is 5.56 Å². The number of carbonyl (C=O) groups excluding carboxylic acids is 1. The van der Waals surface area contributed by atoms with Crippen molar-refractivity contribution in [1.29, 1.82) is 5.26 Å². The summed E-state index contributed by atoms with van der Waals surface area (Å²) in [6.07, 6.45) is 5.92. The van der Waals surface area contributed by atoms with Crippen LogP contribution in [0.5, 0.6) is 0 Å². The van der Waals surface area contributed by atoms with Crippen molar-refractivity contribution in [3.63, 3.8) is 0 Å². The molecule has 2 heterocycles. The lowest BCUT2D eigenvalue weighted by atomic mass is 9.89. The maximum Gasteiger partial charge on any atom is 0.249 e. The van der Waals surface area contributed by atoms with Crippen molar-refractivity contribution in [1.82, 2.24) is 0 Å². The van der Waals surface area contributed by atoms with Crippen LogP contribution < -0.4 is 5.32 Å². The monoisotopic (exact) mass is 456 g/mol. The molecule has 7 heteroatoms. The minimum absolute atomic E-state index is 0.304. The van der Waals surface area contributed by atoms with Gasteiger partial charge in [0.25, 0.3) is 0 Å². The third kappa shape index (κ3) is 4.46. The smallest absolute Gasteiger partial charge is 0.249 e. The van der Waals surface area contributed by atoms with Crippen LogP contribution in [0.4, 0.5) is 5.00 Å². The number of nitriles is 1. The van der Waals surface area contributed by atoms with E-state index in [-0.39, 0.29) is 5.91 Å². The van der Waals surface area contributed by atoms with Crippen LogP contribution in [0.3, 0.4) is 0 Å². The van der Waals surface area contributed by atoms with E-state index in [9.17, 15) is 10.1 Å². The lowest BCUT2D eigenvalue weighted by Crippen LogP contribution is -2.10. The maximum atomic E-state index is 12.4. The van der Waals surface area contributed by atoms with Crippen LogP contribution in [0.2, 0.25) is 10.0 Å². The van der Waals surface area contributed by atoms with Gasteiger partial charge in [0.1, 0.15) is 22.6 Å². The molecule has 1 aliphatic carbocycles. The molecule has 3 aromatic rings. The molecule has 1 aliphatic rings. The molecule has 4 nitrogen and oxygen atoms in total. The second-order valence-electron chi connectivity index (χ2n) is 7.35. The van der Waals surface area contributed by atoms with Crippen LogP contribution in [0.1, 0.15) is 35.1 Å². The van der Waals surface area contributed by atoms with E-state index in [4.69, 9.17) is 27.6 Å². The number of thiophene rings is 1. The summed E-state index contributed by atoms with van der Waals surface area (Å²) in [7, 11) is 0.